The summed E-state index contributed by atoms with van der Waals surface area (Å²) in [6.07, 6.45) is 0.0256. The van der Waals surface area contributed by atoms with Gasteiger partial charge in [0, 0.05) is 11.3 Å². The van der Waals surface area contributed by atoms with Crippen LogP contribution in [0.15, 0.2) is 59.5 Å². The summed E-state index contributed by atoms with van der Waals surface area (Å²) >= 11 is 1.68. The molecular formula is C28H40O4SSi. The summed E-state index contributed by atoms with van der Waals surface area (Å²) in [5.41, 5.74) is 3.16. The Morgan fingerprint density at radius 1 is 0.971 bits per heavy atom. The molecule has 0 aromatic heterocycles. The number of carbonyl (C=O) groups is 1. The zero-order chi connectivity index (χ0) is 24.9. The van der Waals surface area contributed by atoms with Gasteiger partial charge in [-0.05, 0) is 47.8 Å². The summed E-state index contributed by atoms with van der Waals surface area (Å²) in [5.74, 6) is -0.305. The van der Waals surface area contributed by atoms with Crippen molar-refractivity contribution in [2.75, 3.05) is 6.61 Å². The maximum absolute atomic E-state index is 12.9. The number of hydrogen-bond donors (Lipinski definition) is 0. The van der Waals surface area contributed by atoms with E-state index in [0.717, 1.165) is 4.90 Å². The van der Waals surface area contributed by atoms with Crippen molar-refractivity contribution in [3.63, 3.8) is 0 Å². The van der Waals surface area contributed by atoms with Crippen LogP contribution >= 0.6 is 11.8 Å². The first-order chi connectivity index (χ1) is 16.1. The number of ether oxygens (including phenoxy) is 2. The quantitative estimate of drug-likeness (QED) is 0.248. The Morgan fingerprint density at radius 3 is 2.12 bits per heavy atom. The molecule has 2 aromatic carbocycles. The van der Waals surface area contributed by atoms with Gasteiger partial charge in [-0.15, -0.1) is 0 Å². The lowest BCUT2D eigenvalue weighted by Gasteiger charge is -2.43. The topological polar surface area (TPSA) is 44.8 Å². The zero-order valence-corrected chi connectivity index (χ0v) is 23.4. The Bertz CT molecular complexity index is 892. The van der Waals surface area contributed by atoms with Gasteiger partial charge in [-0.25, -0.2) is 4.79 Å². The number of hydrogen-bond acceptors (Lipinski definition) is 5. The lowest BCUT2D eigenvalue weighted by atomic mass is 10.2. The molecule has 186 valence electrons. The third-order valence-corrected chi connectivity index (χ3v) is 14.1. The number of aryl methyl sites for hydroxylation is 1. The summed E-state index contributed by atoms with van der Waals surface area (Å²) < 4.78 is 19.3. The Kier molecular flexibility index (Phi) is 9.44. The van der Waals surface area contributed by atoms with E-state index in [1.807, 2.05) is 18.2 Å². The number of carbonyl (C=O) groups excluding carboxylic acids is 1. The van der Waals surface area contributed by atoms with Gasteiger partial charge in [0.1, 0.15) is 17.6 Å². The molecule has 3 rings (SSSR count). The van der Waals surface area contributed by atoms with Gasteiger partial charge in [0.05, 0.1) is 12.2 Å². The third kappa shape index (κ3) is 6.33. The second kappa shape index (κ2) is 11.9. The molecule has 2 aromatic rings. The first-order valence-corrected chi connectivity index (χ1v) is 15.4. The molecule has 0 aliphatic carbocycles. The van der Waals surface area contributed by atoms with Crippen LogP contribution in [0.5, 0.6) is 0 Å². The predicted molar refractivity (Wildman–Crippen MR) is 143 cm³/mol. The Balaban J connectivity index is 1.77. The van der Waals surface area contributed by atoms with Crippen LogP contribution in [0.1, 0.15) is 63.9 Å². The molecule has 0 bridgehead atoms. The van der Waals surface area contributed by atoms with E-state index in [0.29, 0.717) is 35.2 Å². The average Bonchev–Trinajstić information content (AvgIpc) is 3.16. The predicted octanol–water partition coefficient (Wildman–Crippen LogP) is 7.62. The highest BCUT2D eigenvalue weighted by Gasteiger charge is 2.47. The number of thioether (sulfide) groups is 1. The van der Waals surface area contributed by atoms with Crippen molar-refractivity contribution in [1.82, 2.24) is 0 Å². The third-order valence-electron chi connectivity index (χ3n) is 6.93. The smallest absolute Gasteiger partial charge is 0.338 e. The van der Waals surface area contributed by atoms with Gasteiger partial charge in [0.2, 0.25) is 0 Å². The van der Waals surface area contributed by atoms with Gasteiger partial charge in [-0.2, -0.15) is 0 Å². The molecule has 1 saturated heterocycles. The van der Waals surface area contributed by atoms with Crippen LogP contribution in [-0.2, 0) is 13.9 Å². The Hall–Kier alpha value is -1.60. The Labute approximate surface area is 210 Å². The van der Waals surface area contributed by atoms with E-state index in [1.54, 1.807) is 23.9 Å². The van der Waals surface area contributed by atoms with Crippen molar-refractivity contribution in [2.45, 2.75) is 94.0 Å². The minimum Gasteiger partial charge on any atom is -0.456 e. The fraction of sp³-hybridized carbons (Fsp3) is 0.536. The van der Waals surface area contributed by atoms with Crippen molar-refractivity contribution < 1.29 is 18.7 Å². The van der Waals surface area contributed by atoms with Crippen LogP contribution in [0.2, 0.25) is 16.6 Å². The Morgan fingerprint density at radius 2 is 1.56 bits per heavy atom. The first kappa shape index (κ1) is 27.0. The molecule has 0 N–H and O–H groups in total. The molecule has 1 unspecified atom stereocenters. The van der Waals surface area contributed by atoms with Crippen LogP contribution in [0, 0.1) is 6.92 Å². The van der Waals surface area contributed by atoms with Crippen LogP contribution in [-0.4, -0.2) is 38.5 Å². The van der Waals surface area contributed by atoms with Gasteiger partial charge in [-0.1, -0.05) is 89.2 Å². The monoisotopic (exact) mass is 500 g/mol. The van der Waals surface area contributed by atoms with Gasteiger partial charge in [-0.3, -0.25) is 0 Å². The van der Waals surface area contributed by atoms with Gasteiger partial charge < -0.3 is 13.9 Å². The summed E-state index contributed by atoms with van der Waals surface area (Å²) in [4.78, 5) is 14.0. The van der Waals surface area contributed by atoms with E-state index in [2.05, 4.69) is 72.7 Å². The van der Waals surface area contributed by atoms with E-state index in [9.17, 15) is 4.79 Å². The molecule has 4 nitrogen and oxygen atoms in total. The van der Waals surface area contributed by atoms with Crippen molar-refractivity contribution in [3.05, 3.63) is 65.7 Å². The van der Waals surface area contributed by atoms with E-state index >= 15 is 0 Å². The minimum absolute atomic E-state index is 0.0851. The van der Waals surface area contributed by atoms with Crippen LogP contribution in [0.4, 0.5) is 0 Å². The van der Waals surface area contributed by atoms with Crippen LogP contribution < -0.4 is 0 Å². The highest BCUT2D eigenvalue weighted by molar-refractivity contribution is 7.99. The van der Waals surface area contributed by atoms with E-state index in [-0.39, 0.29) is 23.6 Å². The highest BCUT2D eigenvalue weighted by Crippen LogP contribution is 2.43. The number of rotatable bonds is 10. The average molecular weight is 501 g/mol. The van der Waals surface area contributed by atoms with Gasteiger partial charge >= 0.3 is 5.97 Å². The largest absolute Gasteiger partial charge is 0.456 e. The summed E-state index contributed by atoms with van der Waals surface area (Å²) in [6.45, 7) is 16.2. The van der Waals surface area contributed by atoms with E-state index in [4.69, 9.17) is 13.9 Å². The SMILES string of the molecule is Cc1ccc(SC2C[C@H](OC(=O)c3ccccc3)[C@@H](CO[Si](C(C)C)(C(C)C)C(C)C)O2)cc1. The lowest BCUT2D eigenvalue weighted by molar-refractivity contribution is -0.0207. The maximum Gasteiger partial charge on any atom is 0.338 e. The number of benzene rings is 2. The second-order valence-corrected chi connectivity index (χ2v) is 16.9. The fourth-order valence-corrected chi connectivity index (χ4v) is 11.8. The fourth-order valence-electron chi connectivity index (χ4n) is 5.30. The molecule has 6 heteroatoms. The molecule has 1 fully saturated rings. The summed E-state index contributed by atoms with van der Waals surface area (Å²) in [7, 11) is -2.06. The van der Waals surface area contributed by atoms with Crippen LogP contribution in [0.3, 0.4) is 0 Å². The van der Waals surface area contributed by atoms with Gasteiger partial charge in [0.25, 0.3) is 0 Å². The van der Waals surface area contributed by atoms with Crippen molar-refractivity contribution in [1.29, 1.82) is 0 Å². The molecule has 1 heterocycles. The van der Waals surface area contributed by atoms with Crippen molar-refractivity contribution >= 4 is 26.0 Å². The maximum atomic E-state index is 12.9. The molecule has 1 aliphatic heterocycles. The first-order valence-electron chi connectivity index (χ1n) is 12.4. The molecule has 0 spiro atoms. The molecule has 3 atom stereocenters. The lowest BCUT2D eigenvalue weighted by Crippen LogP contribution is -2.50. The van der Waals surface area contributed by atoms with E-state index < -0.39 is 8.32 Å². The number of esters is 1. The van der Waals surface area contributed by atoms with Crippen LogP contribution in [0.25, 0.3) is 0 Å². The molecule has 34 heavy (non-hydrogen) atoms. The highest BCUT2D eigenvalue weighted by atomic mass is 32.2. The standard InChI is InChI=1S/C28H40O4SSi/c1-19(2)34(20(3)4,21(5)6)30-18-26-25(32-28(29)23-11-9-8-10-12-23)17-27(31-26)33-24-15-13-22(7)14-16-24/h8-16,19-21,25-27H,17-18H2,1-7H3/t25-,26+,27?/m0/s1. The zero-order valence-electron chi connectivity index (χ0n) is 21.6. The second-order valence-electron chi connectivity index (χ2n) is 10.2. The molecular weight excluding hydrogens is 460 g/mol. The molecule has 0 radical (unpaired) electrons. The molecule has 0 amide bonds. The minimum atomic E-state index is -2.06. The van der Waals surface area contributed by atoms with E-state index in [1.165, 1.54) is 5.56 Å². The summed E-state index contributed by atoms with van der Waals surface area (Å²) in [5, 5.41) is 0. The van der Waals surface area contributed by atoms with Crippen molar-refractivity contribution in [3.8, 4) is 0 Å². The normalized spacial score (nSPS) is 20.9. The molecule has 1 aliphatic rings. The summed E-state index contributed by atoms with van der Waals surface area (Å²) in [6, 6.07) is 17.6. The molecule has 0 saturated carbocycles. The van der Waals surface area contributed by atoms with Crippen molar-refractivity contribution in [2.24, 2.45) is 0 Å². The van der Waals surface area contributed by atoms with Gasteiger partial charge in [0.15, 0.2) is 8.32 Å².